The van der Waals surface area contributed by atoms with Crippen LogP contribution in [0.3, 0.4) is 0 Å². The van der Waals surface area contributed by atoms with Crippen molar-refractivity contribution in [1.29, 1.82) is 0 Å². The molecule has 4 heteroatoms. The van der Waals surface area contributed by atoms with Crippen molar-refractivity contribution >= 4 is 60.3 Å². The molecule has 9 rings (SSSR count). The molecule has 0 atom stereocenters. The van der Waals surface area contributed by atoms with Crippen LogP contribution in [0.4, 0.5) is 5.69 Å². The summed E-state index contributed by atoms with van der Waals surface area (Å²) in [5.74, 6) is 0. The van der Waals surface area contributed by atoms with Crippen LogP contribution in [0.25, 0.3) is 87.4 Å². The molecule has 0 unspecified atom stereocenters. The van der Waals surface area contributed by atoms with Crippen molar-refractivity contribution in [1.82, 2.24) is 14.5 Å². The summed E-state index contributed by atoms with van der Waals surface area (Å²) >= 11 is 0. The summed E-state index contributed by atoms with van der Waals surface area (Å²) < 4.78 is 2.26. The highest BCUT2D eigenvalue weighted by molar-refractivity contribution is 6.13. The van der Waals surface area contributed by atoms with Crippen LogP contribution in [-0.2, 0) is 0 Å². The number of hydrogen-bond acceptors (Lipinski definition) is 2. The third kappa shape index (κ3) is 3.99. The summed E-state index contributed by atoms with van der Waals surface area (Å²) in [6.07, 6.45) is 0. The van der Waals surface area contributed by atoms with E-state index in [4.69, 9.17) is 16.5 Å². The van der Waals surface area contributed by atoms with Gasteiger partial charge in [-0.05, 0) is 82.2 Å². The first-order valence-corrected chi connectivity index (χ1v) is 15.0. The van der Waals surface area contributed by atoms with Crippen LogP contribution >= 0.6 is 0 Å². The average molecular weight is 573 g/mol. The van der Waals surface area contributed by atoms with Gasteiger partial charge in [0.05, 0.1) is 34.2 Å². The van der Waals surface area contributed by atoms with E-state index in [1.54, 1.807) is 0 Å². The fourth-order valence-corrected chi connectivity index (χ4v) is 6.67. The molecule has 2 aromatic heterocycles. The molecule has 0 bridgehead atoms. The van der Waals surface area contributed by atoms with Crippen molar-refractivity contribution in [2.45, 2.75) is 0 Å². The van der Waals surface area contributed by atoms with Gasteiger partial charge in [-0.2, -0.15) is 0 Å². The Bertz CT molecular complexity index is 2660. The third-order valence-electron chi connectivity index (χ3n) is 8.75. The van der Waals surface area contributed by atoms with Crippen molar-refractivity contribution < 1.29 is 0 Å². The molecule has 0 fully saturated rings. The Labute approximate surface area is 259 Å². The number of aromatic nitrogens is 3. The molecule has 208 valence electrons. The van der Waals surface area contributed by atoms with E-state index < -0.39 is 0 Å². The van der Waals surface area contributed by atoms with E-state index >= 15 is 0 Å². The Kier molecular flexibility index (Phi) is 5.53. The molecule has 4 nitrogen and oxygen atoms in total. The van der Waals surface area contributed by atoms with Gasteiger partial charge in [0.2, 0.25) is 0 Å². The fraction of sp³-hybridized carbons (Fsp3) is 0. The molecular formula is C41H24N4. The molecule has 0 radical (unpaired) electrons. The lowest BCUT2D eigenvalue weighted by Gasteiger charge is -2.12. The molecule has 0 N–H and O–H groups in total. The van der Waals surface area contributed by atoms with E-state index in [-0.39, 0.29) is 0 Å². The maximum Gasteiger partial charge on any atom is 0.189 e. The summed E-state index contributed by atoms with van der Waals surface area (Å²) in [7, 11) is 0. The van der Waals surface area contributed by atoms with Gasteiger partial charge in [0.1, 0.15) is 0 Å². The molecule has 45 heavy (non-hydrogen) atoms. The highest BCUT2D eigenvalue weighted by Gasteiger charge is 2.16. The van der Waals surface area contributed by atoms with Crippen LogP contribution < -0.4 is 0 Å². The molecule has 0 aliphatic heterocycles. The van der Waals surface area contributed by atoms with E-state index in [0.717, 1.165) is 82.6 Å². The second-order valence-electron chi connectivity index (χ2n) is 11.3. The van der Waals surface area contributed by atoms with Gasteiger partial charge in [-0.1, -0.05) is 91.0 Å². The molecule has 2 heterocycles. The lowest BCUT2D eigenvalue weighted by molar-refractivity contribution is 1.18. The van der Waals surface area contributed by atoms with Gasteiger partial charge in [0, 0.05) is 27.4 Å². The normalized spacial score (nSPS) is 11.5. The summed E-state index contributed by atoms with van der Waals surface area (Å²) in [5, 5.41) is 4.54. The van der Waals surface area contributed by atoms with Crippen molar-refractivity contribution in [3.63, 3.8) is 0 Å². The average Bonchev–Trinajstić information content (AvgIpc) is 3.43. The zero-order valence-electron chi connectivity index (χ0n) is 24.1. The van der Waals surface area contributed by atoms with Gasteiger partial charge in [-0.25, -0.2) is 14.8 Å². The van der Waals surface area contributed by atoms with Crippen LogP contribution in [0.5, 0.6) is 0 Å². The van der Waals surface area contributed by atoms with Crippen molar-refractivity contribution in [3.8, 4) is 27.9 Å². The minimum Gasteiger partial charge on any atom is -0.311 e. The Morgan fingerprint density at radius 2 is 1.20 bits per heavy atom. The Morgan fingerprint density at radius 1 is 0.467 bits per heavy atom. The summed E-state index contributed by atoms with van der Waals surface area (Å²) in [6, 6.07) is 50.5. The van der Waals surface area contributed by atoms with E-state index in [1.807, 2.05) is 42.5 Å². The fourth-order valence-electron chi connectivity index (χ4n) is 6.67. The predicted molar refractivity (Wildman–Crippen MR) is 186 cm³/mol. The maximum absolute atomic E-state index is 7.60. The van der Waals surface area contributed by atoms with E-state index in [9.17, 15) is 0 Å². The number of rotatable bonds is 3. The van der Waals surface area contributed by atoms with Gasteiger partial charge in [0.15, 0.2) is 5.69 Å². The largest absolute Gasteiger partial charge is 0.311 e. The summed E-state index contributed by atoms with van der Waals surface area (Å²) in [5.41, 5.74) is 12.0. The number of fused-ring (bicyclic) bond motifs is 7. The summed E-state index contributed by atoms with van der Waals surface area (Å²) in [4.78, 5) is 13.7. The highest BCUT2D eigenvalue weighted by atomic mass is 15.0. The minimum absolute atomic E-state index is 0.635. The monoisotopic (exact) mass is 572 g/mol. The van der Waals surface area contributed by atoms with Crippen LogP contribution in [0.2, 0.25) is 0 Å². The van der Waals surface area contributed by atoms with Crippen LogP contribution in [0, 0.1) is 6.57 Å². The minimum atomic E-state index is 0.635. The van der Waals surface area contributed by atoms with E-state index in [2.05, 4.69) is 113 Å². The third-order valence-corrected chi connectivity index (χ3v) is 8.75. The first-order valence-electron chi connectivity index (χ1n) is 15.0. The van der Waals surface area contributed by atoms with Gasteiger partial charge in [0.25, 0.3) is 0 Å². The highest BCUT2D eigenvalue weighted by Crippen LogP contribution is 2.39. The second-order valence-corrected chi connectivity index (χ2v) is 11.3. The quantitative estimate of drug-likeness (QED) is 0.120. The van der Waals surface area contributed by atoms with Crippen molar-refractivity contribution in [2.75, 3.05) is 0 Å². The molecule has 0 spiro atoms. The molecule has 0 saturated carbocycles. The Balaban J connectivity index is 1.24. The topological polar surface area (TPSA) is 35.1 Å². The first kappa shape index (κ1) is 25.2. The standard InChI is InChI=1S/C41H24N4/c1-42-29-19-20-32-35-23-27(18-21-39(35)45(40(32)24-29)30-12-3-2-4-13-30)26-10-9-11-28(22-26)34-25-38-41(33-15-6-5-14-31(33)34)44-37-17-8-7-16-36(37)43-38/h2-25H. The lowest BCUT2D eigenvalue weighted by Crippen LogP contribution is -1.93. The molecule has 0 amide bonds. The van der Waals surface area contributed by atoms with Crippen molar-refractivity contribution in [3.05, 3.63) is 157 Å². The van der Waals surface area contributed by atoms with Gasteiger partial charge in [-0.15, -0.1) is 0 Å². The molecule has 9 aromatic rings. The molecular weight excluding hydrogens is 548 g/mol. The van der Waals surface area contributed by atoms with Crippen molar-refractivity contribution in [2.24, 2.45) is 0 Å². The lowest BCUT2D eigenvalue weighted by atomic mass is 9.94. The number of hydrogen-bond donors (Lipinski definition) is 0. The molecule has 7 aromatic carbocycles. The zero-order valence-corrected chi connectivity index (χ0v) is 24.1. The number of benzene rings is 7. The second kappa shape index (κ2) is 9.87. The smallest absolute Gasteiger partial charge is 0.189 e. The predicted octanol–water partition coefficient (Wildman–Crippen LogP) is 10.9. The van der Waals surface area contributed by atoms with E-state index in [1.165, 1.54) is 0 Å². The van der Waals surface area contributed by atoms with Gasteiger partial charge >= 0.3 is 0 Å². The van der Waals surface area contributed by atoms with Crippen LogP contribution in [-0.4, -0.2) is 14.5 Å². The first-order chi connectivity index (χ1) is 22.2. The molecule has 0 saturated heterocycles. The number of para-hydroxylation sites is 3. The van der Waals surface area contributed by atoms with Crippen LogP contribution in [0.1, 0.15) is 0 Å². The molecule has 0 aliphatic rings. The van der Waals surface area contributed by atoms with Gasteiger partial charge < -0.3 is 4.57 Å². The summed E-state index contributed by atoms with van der Waals surface area (Å²) in [6.45, 7) is 7.60. The Morgan fingerprint density at radius 3 is 2.04 bits per heavy atom. The Hall–Kier alpha value is -6.31. The molecule has 0 aliphatic carbocycles. The van der Waals surface area contributed by atoms with Gasteiger partial charge in [-0.3, -0.25) is 0 Å². The maximum atomic E-state index is 7.60. The van der Waals surface area contributed by atoms with E-state index in [0.29, 0.717) is 5.69 Å². The van der Waals surface area contributed by atoms with Crippen LogP contribution in [0.15, 0.2) is 146 Å². The zero-order chi connectivity index (χ0) is 29.9. The number of nitrogens with zero attached hydrogens (tertiary/aromatic N) is 4. The SMILES string of the molecule is [C-]#[N+]c1ccc2c3cc(-c4cccc(-c5cc6nc7ccccc7nc6c6ccccc56)c4)ccc3n(-c3ccccc3)c2c1.